The average Bonchev–Trinajstić information content (AvgIpc) is 3.00. The summed E-state index contributed by atoms with van der Waals surface area (Å²) in [6.07, 6.45) is 8.42. The van der Waals surface area contributed by atoms with Crippen molar-refractivity contribution < 1.29 is 9.13 Å². The van der Waals surface area contributed by atoms with Crippen LogP contribution in [-0.4, -0.2) is 101 Å². The summed E-state index contributed by atoms with van der Waals surface area (Å²) in [5.41, 5.74) is 10.3. The summed E-state index contributed by atoms with van der Waals surface area (Å²) in [6, 6.07) is 3.46. The van der Waals surface area contributed by atoms with Crippen LogP contribution in [-0.2, 0) is 11.3 Å². The topological polar surface area (TPSA) is 112 Å². The molecule has 44 heavy (non-hydrogen) atoms. The van der Waals surface area contributed by atoms with E-state index in [1.807, 2.05) is 18.5 Å². The second-order valence-corrected chi connectivity index (χ2v) is 12.3. The maximum absolute atomic E-state index is 15.9. The molecule has 0 bridgehead atoms. The van der Waals surface area contributed by atoms with Gasteiger partial charge in [-0.3, -0.25) is 4.90 Å². The van der Waals surface area contributed by atoms with Crippen molar-refractivity contribution in [1.29, 1.82) is 0 Å². The Bertz CT molecular complexity index is 1490. The van der Waals surface area contributed by atoms with Gasteiger partial charge in [0, 0.05) is 82.4 Å². The summed E-state index contributed by atoms with van der Waals surface area (Å²) >= 11 is 6.18. The molecule has 13 heteroatoms. The third-order valence-electron chi connectivity index (χ3n) is 8.39. The lowest BCUT2D eigenvalue weighted by molar-refractivity contribution is -0.0705. The standard InChI is InChI=1S/C31H40ClFN10O/c1-20-15-41(16-21(2)44-20)17-22-13-35-31(36-14-22)43-6-4-5-23(18-43)24-11-26(39-30-28(34)29(32)37-19-38-30)27(12-25(24)33)42-9-7-40(3)8-10-42/h5,11-14,19-21H,4,6-10,15-18,34H2,1-3H3,(H,37,38,39)/t20-,21+. The average molecular weight is 623 g/mol. The molecule has 0 amide bonds. The van der Waals surface area contributed by atoms with E-state index in [9.17, 15) is 0 Å². The van der Waals surface area contributed by atoms with Crippen LogP contribution in [0, 0.1) is 5.82 Å². The number of aromatic nitrogens is 4. The number of halogens is 2. The highest BCUT2D eigenvalue weighted by molar-refractivity contribution is 6.32. The second-order valence-electron chi connectivity index (χ2n) is 12.0. The Labute approximate surface area is 262 Å². The largest absolute Gasteiger partial charge is 0.393 e. The number of hydrogen-bond donors (Lipinski definition) is 2. The molecule has 2 fully saturated rings. The van der Waals surface area contributed by atoms with Crippen molar-refractivity contribution in [2.75, 3.05) is 80.3 Å². The highest BCUT2D eigenvalue weighted by atomic mass is 35.5. The molecule has 1 aromatic carbocycles. The molecule has 234 valence electrons. The molecule has 2 saturated heterocycles. The maximum atomic E-state index is 15.9. The minimum atomic E-state index is -0.281. The van der Waals surface area contributed by atoms with Crippen molar-refractivity contribution in [1.82, 2.24) is 29.7 Å². The van der Waals surface area contributed by atoms with E-state index in [4.69, 9.17) is 32.0 Å². The van der Waals surface area contributed by atoms with Gasteiger partial charge in [0.1, 0.15) is 17.8 Å². The number of nitrogens with zero attached hydrogens (tertiary/aromatic N) is 8. The molecule has 3 N–H and O–H groups in total. The fourth-order valence-electron chi connectivity index (χ4n) is 6.19. The van der Waals surface area contributed by atoms with E-state index in [0.717, 1.165) is 75.6 Å². The van der Waals surface area contributed by atoms with Crippen molar-refractivity contribution in [2.45, 2.75) is 39.0 Å². The molecule has 2 atom stereocenters. The van der Waals surface area contributed by atoms with Gasteiger partial charge in [0.2, 0.25) is 5.95 Å². The zero-order chi connectivity index (χ0) is 30.8. The van der Waals surface area contributed by atoms with Gasteiger partial charge in [0.15, 0.2) is 11.0 Å². The van der Waals surface area contributed by atoms with E-state index in [0.29, 0.717) is 29.6 Å². The van der Waals surface area contributed by atoms with Crippen LogP contribution in [0.2, 0.25) is 5.15 Å². The van der Waals surface area contributed by atoms with Crippen molar-refractivity contribution in [3.8, 4) is 0 Å². The van der Waals surface area contributed by atoms with Crippen LogP contribution >= 0.6 is 11.6 Å². The van der Waals surface area contributed by atoms with Crippen LogP contribution in [0.15, 0.2) is 36.9 Å². The molecule has 3 aromatic rings. The van der Waals surface area contributed by atoms with Crippen molar-refractivity contribution in [3.05, 3.63) is 59.0 Å². The number of nitrogens with one attached hydrogen (secondary N) is 1. The first kappa shape index (κ1) is 30.4. The third kappa shape index (κ3) is 6.88. The van der Waals surface area contributed by atoms with Gasteiger partial charge >= 0.3 is 0 Å². The summed E-state index contributed by atoms with van der Waals surface area (Å²) in [6.45, 7) is 11.3. The predicted octanol–water partition coefficient (Wildman–Crippen LogP) is 4.04. The third-order valence-corrected chi connectivity index (χ3v) is 8.69. The number of ether oxygens (including phenoxy) is 1. The van der Waals surface area contributed by atoms with Crippen molar-refractivity contribution in [2.24, 2.45) is 0 Å². The van der Waals surface area contributed by atoms with Crippen LogP contribution in [0.1, 0.15) is 31.4 Å². The molecule has 0 saturated carbocycles. The normalized spacial score (nSPS) is 21.8. The second kappa shape index (κ2) is 13.2. The van der Waals surface area contributed by atoms with E-state index in [1.54, 1.807) is 6.07 Å². The predicted molar refractivity (Wildman–Crippen MR) is 173 cm³/mol. The summed E-state index contributed by atoms with van der Waals surface area (Å²) in [5.74, 6) is 0.738. The Kier molecular flexibility index (Phi) is 9.13. The Hall–Kier alpha value is -3.58. The van der Waals surface area contributed by atoms with E-state index >= 15 is 4.39 Å². The molecule has 5 heterocycles. The molecule has 3 aliphatic rings. The number of nitrogens with two attached hydrogens (primary N) is 1. The number of nitrogen functional groups attached to an aromatic ring is 1. The van der Waals surface area contributed by atoms with Gasteiger partial charge in [-0.1, -0.05) is 17.7 Å². The first-order valence-electron chi connectivity index (χ1n) is 15.2. The van der Waals surface area contributed by atoms with Gasteiger partial charge in [0.25, 0.3) is 0 Å². The monoisotopic (exact) mass is 622 g/mol. The summed E-state index contributed by atoms with van der Waals surface area (Å²) in [7, 11) is 2.09. The van der Waals surface area contributed by atoms with Gasteiger partial charge in [-0.15, -0.1) is 0 Å². The Morgan fingerprint density at radius 2 is 1.73 bits per heavy atom. The lowest BCUT2D eigenvalue weighted by Crippen LogP contribution is -2.44. The van der Waals surface area contributed by atoms with Gasteiger partial charge in [-0.05, 0) is 45.0 Å². The Morgan fingerprint density at radius 3 is 2.45 bits per heavy atom. The number of likely N-dealkylation sites (N-methyl/N-ethyl adjacent to an activating group) is 1. The van der Waals surface area contributed by atoms with Crippen LogP contribution in [0.3, 0.4) is 0 Å². The fraction of sp³-hybridized carbons (Fsp3) is 0.484. The zero-order valence-electron chi connectivity index (χ0n) is 25.5. The summed E-state index contributed by atoms with van der Waals surface area (Å²) < 4.78 is 21.8. The molecule has 0 aliphatic carbocycles. The summed E-state index contributed by atoms with van der Waals surface area (Å²) in [4.78, 5) is 26.6. The first-order valence-corrected chi connectivity index (χ1v) is 15.5. The molecule has 2 aromatic heterocycles. The van der Waals surface area contributed by atoms with Crippen LogP contribution in [0.4, 0.5) is 33.2 Å². The number of anilines is 5. The molecular weight excluding hydrogens is 583 g/mol. The molecule has 0 unspecified atom stereocenters. The van der Waals surface area contributed by atoms with Gasteiger partial charge in [-0.2, -0.15) is 0 Å². The van der Waals surface area contributed by atoms with E-state index < -0.39 is 0 Å². The van der Waals surface area contributed by atoms with Crippen molar-refractivity contribution in [3.63, 3.8) is 0 Å². The van der Waals surface area contributed by atoms with Crippen LogP contribution in [0.25, 0.3) is 5.57 Å². The summed E-state index contributed by atoms with van der Waals surface area (Å²) in [5, 5.41) is 3.49. The van der Waals surface area contributed by atoms with E-state index in [2.05, 4.69) is 61.9 Å². The number of piperazine rings is 1. The lowest BCUT2D eigenvalue weighted by atomic mass is 9.99. The minimum Gasteiger partial charge on any atom is -0.393 e. The van der Waals surface area contributed by atoms with E-state index in [-0.39, 0.29) is 28.9 Å². The number of rotatable bonds is 7. The minimum absolute atomic E-state index is 0.164. The highest BCUT2D eigenvalue weighted by Crippen LogP contribution is 2.37. The molecule has 0 spiro atoms. The van der Waals surface area contributed by atoms with Crippen molar-refractivity contribution >= 4 is 46.0 Å². The number of hydrogen-bond acceptors (Lipinski definition) is 11. The van der Waals surface area contributed by atoms with Crippen LogP contribution < -0.4 is 20.9 Å². The number of morpholine rings is 1. The smallest absolute Gasteiger partial charge is 0.225 e. The van der Waals surface area contributed by atoms with Crippen LogP contribution in [0.5, 0.6) is 0 Å². The molecule has 0 radical (unpaired) electrons. The zero-order valence-corrected chi connectivity index (χ0v) is 26.3. The van der Waals surface area contributed by atoms with Gasteiger partial charge in [-0.25, -0.2) is 24.3 Å². The highest BCUT2D eigenvalue weighted by Gasteiger charge is 2.25. The molecule has 3 aliphatic heterocycles. The SMILES string of the molecule is C[C@@H]1CN(Cc2cnc(N3CCC=C(c4cc(Nc5ncnc(Cl)c5N)c(N5CCN(C)CC5)cc4F)C3)nc2)C[C@H](C)O1. The van der Waals surface area contributed by atoms with E-state index in [1.165, 1.54) is 6.33 Å². The molecule has 11 nitrogen and oxygen atoms in total. The fourth-order valence-corrected chi connectivity index (χ4v) is 6.33. The Balaban J connectivity index is 1.23. The first-order chi connectivity index (χ1) is 21.2. The van der Waals surface area contributed by atoms with Gasteiger partial charge < -0.3 is 30.5 Å². The molecular formula is C31H40ClFN10O. The Morgan fingerprint density at radius 1 is 1.00 bits per heavy atom. The maximum Gasteiger partial charge on any atom is 0.225 e. The molecule has 6 rings (SSSR count). The lowest BCUT2D eigenvalue weighted by Gasteiger charge is -2.35. The quantitative estimate of drug-likeness (QED) is 0.372. The number of benzene rings is 1. The van der Waals surface area contributed by atoms with Gasteiger partial charge in [0.05, 0.1) is 23.6 Å².